The topological polar surface area (TPSA) is 63.3 Å². The van der Waals surface area contributed by atoms with Gasteiger partial charge in [-0.2, -0.15) is 0 Å². The Morgan fingerprint density at radius 2 is 2.00 bits per heavy atom. The van der Waals surface area contributed by atoms with Crippen molar-refractivity contribution in [1.29, 1.82) is 0 Å². The predicted molar refractivity (Wildman–Crippen MR) is 103 cm³/mol. The largest absolute Gasteiger partial charge is 0.390 e. The van der Waals surface area contributed by atoms with Crippen LogP contribution in [0.3, 0.4) is 0 Å². The molecule has 1 aromatic carbocycles. The molecular formula is C21H21FN4O. The smallest absolute Gasteiger partial charge is 0.164 e. The van der Waals surface area contributed by atoms with Crippen molar-refractivity contribution >= 4 is 16.7 Å². The van der Waals surface area contributed by atoms with Gasteiger partial charge in [-0.1, -0.05) is 6.07 Å². The number of halogens is 1. The Hall–Kier alpha value is -2.86. The van der Waals surface area contributed by atoms with Crippen LogP contribution in [0, 0.1) is 12.7 Å². The molecule has 0 saturated heterocycles. The van der Waals surface area contributed by atoms with Crippen molar-refractivity contribution in [3.05, 3.63) is 59.8 Å². The van der Waals surface area contributed by atoms with Gasteiger partial charge in [-0.3, -0.25) is 4.40 Å². The van der Waals surface area contributed by atoms with Crippen LogP contribution in [0.5, 0.6) is 0 Å². The Bertz CT molecular complexity index is 1140. The van der Waals surface area contributed by atoms with Gasteiger partial charge in [-0.05, 0) is 63.4 Å². The van der Waals surface area contributed by atoms with E-state index in [9.17, 15) is 9.50 Å². The van der Waals surface area contributed by atoms with Gasteiger partial charge in [0, 0.05) is 6.20 Å². The lowest BCUT2D eigenvalue weighted by Gasteiger charge is -2.17. The maximum Gasteiger partial charge on any atom is 0.164 e. The van der Waals surface area contributed by atoms with Gasteiger partial charge in [0.05, 0.1) is 28.6 Å². The molecule has 0 saturated carbocycles. The van der Waals surface area contributed by atoms with Crippen molar-refractivity contribution in [2.24, 2.45) is 0 Å². The molecule has 0 aliphatic carbocycles. The summed E-state index contributed by atoms with van der Waals surface area (Å²) < 4.78 is 16.6. The summed E-state index contributed by atoms with van der Waals surface area (Å²) in [5, 5.41) is 9.97. The number of imidazole rings is 1. The number of hydrogen-bond acceptors (Lipinski definition) is 4. The van der Waals surface area contributed by atoms with Crippen molar-refractivity contribution < 1.29 is 9.50 Å². The molecule has 0 amide bonds. The second-order valence-corrected chi connectivity index (χ2v) is 7.47. The van der Waals surface area contributed by atoms with Gasteiger partial charge in [0.2, 0.25) is 0 Å². The zero-order valence-electron chi connectivity index (χ0n) is 15.6. The zero-order valence-corrected chi connectivity index (χ0v) is 15.6. The van der Waals surface area contributed by atoms with Crippen molar-refractivity contribution in [3.8, 4) is 11.4 Å². The molecule has 3 aromatic heterocycles. The summed E-state index contributed by atoms with van der Waals surface area (Å²) >= 11 is 0. The van der Waals surface area contributed by atoms with Gasteiger partial charge >= 0.3 is 0 Å². The second kappa shape index (κ2) is 6.39. The van der Waals surface area contributed by atoms with Gasteiger partial charge < -0.3 is 5.11 Å². The van der Waals surface area contributed by atoms with Crippen molar-refractivity contribution in [2.75, 3.05) is 0 Å². The van der Waals surface area contributed by atoms with Crippen LogP contribution in [-0.2, 0) is 6.42 Å². The molecule has 5 nitrogen and oxygen atoms in total. The van der Waals surface area contributed by atoms with Crippen molar-refractivity contribution in [1.82, 2.24) is 19.4 Å². The molecule has 138 valence electrons. The normalized spacial score (nSPS) is 12.2. The highest BCUT2D eigenvalue weighted by molar-refractivity contribution is 5.79. The molecule has 0 fully saturated rings. The zero-order chi connectivity index (χ0) is 19.2. The third kappa shape index (κ3) is 3.28. The van der Waals surface area contributed by atoms with Crippen LogP contribution < -0.4 is 0 Å². The van der Waals surface area contributed by atoms with E-state index < -0.39 is 5.60 Å². The Balaban J connectivity index is 1.90. The van der Waals surface area contributed by atoms with Crippen LogP contribution in [0.25, 0.3) is 28.1 Å². The standard InChI is InChI=1S/C21H21FN4O/c1-13-18-12-24-19(26(18)20-17(25-13)5-4-10-23-20)15-11-14(6-7-16(15)22)8-9-21(2,3)27/h4-7,10-12,27H,8-9H2,1-3H3. The Labute approximate surface area is 156 Å². The molecular weight excluding hydrogens is 343 g/mol. The van der Waals surface area contributed by atoms with Crippen molar-refractivity contribution in [3.63, 3.8) is 0 Å². The van der Waals surface area contributed by atoms with E-state index in [1.807, 2.05) is 23.5 Å². The van der Waals surface area contributed by atoms with Gasteiger partial charge in [0.25, 0.3) is 0 Å². The Morgan fingerprint density at radius 1 is 1.19 bits per heavy atom. The van der Waals surface area contributed by atoms with E-state index in [0.29, 0.717) is 29.9 Å². The van der Waals surface area contributed by atoms with Crippen LogP contribution in [0.1, 0.15) is 31.5 Å². The molecule has 0 atom stereocenters. The molecule has 4 rings (SSSR count). The number of aliphatic hydroxyl groups is 1. The number of benzene rings is 1. The first-order chi connectivity index (χ1) is 12.8. The quantitative estimate of drug-likeness (QED) is 0.592. The fraction of sp³-hybridized carbons (Fsp3) is 0.286. The van der Waals surface area contributed by atoms with Crippen LogP contribution in [0.15, 0.2) is 42.7 Å². The molecule has 0 unspecified atom stereocenters. The SMILES string of the molecule is Cc1nc2cccnc2n2c(-c3cc(CCC(C)(C)O)ccc3F)ncc12. The summed E-state index contributed by atoms with van der Waals surface area (Å²) in [5.74, 6) is 0.162. The molecule has 6 heteroatoms. The highest BCUT2D eigenvalue weighted by Gasteiger charge is 2.18. The molecule has 0 aliphatic rings. The molecule has 0 spiro atoms. The highest BCUT2D eigenvalue weighted by atomic mass is 19.1. The van der Waals surface area contributed by atoms with Crippen LogP contribution in [0.2, 0.25) is 0 Å². The van der Waals surface area contributed by atoms with Crippen LogP contribution >= 0.6 is 0 Å². The fourth-order valence-electron chi connectivity index (χ4n) is 3.25. The van der Waals surface area contributed by atoms with Crippen molar-refractivity contribution in [2.45, 2.75) is 39.2 Å². The molecule has 0 bridgehead atoms. The average Bonchev–Trinajstić information content (AvgIpc) is 3.06. The molecule has 4 aromatic rings. The first-order valence-electron chi connectivity index (χ1n) is 8.93. The van der Waals surface area contributed by atoms with Crippen LogP contribution in [-0.4, -0.2) is 30.1 Å². The van der Waals surface area contributed by atoms with Gasteiger partial charge in [-0.15, -0.1) is 0 Å². The summed E-state index contributed by atoms with van der Waals surface area (Å²) in [6.07, 6.45) is 4.64. The van der Waals surface area contributed by atoms with E-state index in [1.165, 1.54) is 6.07 Å². The number of pyridine rings is 1. The number of hydrogen-bond donors (Lipinski definition) is 1. The van der Waals surface area contributed by atoms with Crippen LogP contribution in [0.4, 0.5) is 4.39 Å². The maximum atomic E-state index is 14.7. The summed E-state index contributed by atoms with van der Waals surface area (Å²) in [7, 11) is 0. The lowest BCUT2D eigenvalue weighted by atomic mass is 9.97. The van der Waals surface area contributed by atoms with E-state index in [2.05, 4.69) is 15.0 Å². The van der Waals surface area contributed by atoms with E-state index in [0.717, 1.165) is 22.3 Å². The minimum absolute atomic E-state index is 0.340. The highest BCUT2D eigenvalue weighted by Crippen LogP contribution is 2.28. The van der Waals surface area contributed by atoms with E-state index in [-0.39, 0.29) is 5.82 Å². The summed E-state index contributed by atoms with van der Waals surface area (Å²) in [6.45, 7) is 5.45. The van der Waals surface area contributed by atoms with E-state index in [4.69, 9.17) is 0 Å². The third-order valence-electron chi connectivity index (χ3n) is 4.70. The molecule has 1 N–H and O–H groups in total. The fourth-order valence-corrected chi connectivity index (χ4v) is 3.25. The minimum atomic E-state index is -0.766. The first-order valence-corrected chi connectivity index (χ1v) is 8.93. The molecule has 27 heavy (non-hydrogen) atoms. The number of nitrogens with zero attached hydrogens (tertiary/aromatic N) is 4. The average molecular weight is 364 g/mol. The number of aromatic nitrogens is 4. The van der Waals surface area contributed by atoms with Gasteiger partial charge in [-0.25, -0.2) is 19.3 Å². The monoisotopic (exact) mass is 364 g/mol. The first kappa shape index (κ1) is 17.5. The molecule has 0 aliphatic heterocycles. The van der Waals surface area contributed by atoms with E-state index >= 15 is 0 Å². The second-order valence-electron chi connectivity index (χ2n) is 7.47. The predicted octanol–water partition coefficient (Wildman–Crippen LogP) is 4.10. The summed E-state index contributed by atoms with van der Waals surface area (Å²) in [4.78, 5) is 13.5. The third-order valence-corrected chi connectivity index (χ3v) is 4.70. The lowest BCUT2D eigenvalue weighted by molar-refractivity contribution is 0.0714. The summed E-state index contributed by atoms with van der Waals surface area (Å²) in [6, 6.07) is 8.73. The van der Waals surface area contributed by atoms with Gasteiger partial charge in [0.15, 0.2) is 5.65 Å². The minimum Gasteiger partial charge on any atom is -0.390 e. The maximum absolute atomic E-state index is 14.7. The van der Waals surface area contributed by atoms with Gasteiger partial charge in [0.1, 0.15) is 17.2 Å². The number of fused-ring (bicyclic) bond motifs is 3. The molecule has 0 radical (unpaired) electrons. The summed E-state index contributed by atoms with van der Waals surface area (Å²) in [5.41, 5.74) is 3.60. The number of aryl methyl sites for hydroxylation is 2. The Morgan fingerprint density at radius 3 is 2.78 bits per heavy atom. The van der Waals surface area contributed by atoms with E-state index in [1.54, 1.807) is 38.4 Å². The Kier molecular flexibility index (Phi) is 4.15. The molecule has 3 heterocycles. The number of rotatable bonds is 4. The lowest BCUT2D eigenvalue weighted by Crippen LogP contribution is -2.19.